The lowest BCUT2D eigenvalue weighted by molar-refractivity contribution is -0.119. The van der Waals surface area contributed by atoms with Crippen LogP contribution in [0, 0.1) is 6.92 Å². The SMILES string of the molecule is Cc1cc(NC(=O)COC(=O)c2ccc(S(N)(=O)=O)cc2)no1. The van der Waals surface area contributed by atoms with Gasteiger partial charge in [0.05, 0.1) is 10.5 Å². The number of nitrogens with two attached hydrogens (primary N) is 1. The van der Waals surface area contributed by atoms with Gasteiger partial charge in [0.25, 0.3) is 5.91 Å². The Balaban J connectivity index is 1.90. The summed E-state index contributed by atoms with van der Waals surface area (Å²) in [6.07, 6.45) is 0. The van der Waals surface area contributed by atoms with Crippen LogP contribution in [0.4, 0.5) is 5.82 Å². The number of amides is 1. The number of carbonyl (C=O) groups is 2. The molecule has 9 nitrogen and oxygen atoms in total. The van der Waals surface area contributed by atoms with Crippen molar-refractivity contribution in [3.63, 3.8) is 0 Å². The zero-order valence-electron chi connectivity index (χ0n) is 12.0. The van der Waals surface area contributed by atoms with Crippen LogP contribution in [0.1, 0.15) is 16.1 Å². The highest BCUT2D eigenvalue weighted by Gasteiger charge is 2.13. The van der Waals surface area contributed by atoms with Gasteiger partial charge in [0.15, 0.2) is 12.4 Å². The number of aryl methyl sites for hydroxylation is 1. The van der Waals surface area contributed by atoms with Crippen LogP contribution in [0.2, 0.25) is 0 Å². The third-order valence-corrected chi connectivity index (χ3v) is 3.58. The first-order valence-electron chi connectivity index (χ1n) is 6.29. The normalized spacial score (nSPS) is 11.0. The highest BCUT2D eigenvalue weighted by Crippen LogP contribution is 2.10. The first-order chi connectivity index (χ1) is 10.8. The molecule has 2 rings (SSSR count). The third-order valence-electron chi connectivity index (χ3n) is 2.65. The molecule has 0 saturated heterocycles. The minimum Gasteiger partial charge on any atom is -0.452 e. The molecule has 0 fully saturated rings. The fraction of sp³-hybridized carbons (Fsp3) is 0.154. The maximum absolute atomic E-state index is 11.7. The van der Waals surface area contributed by atoms with Crippen molar-refractivity contribution in [3.05, 3.63) is 41.7 Å². The number of hydrogen-bond donors (Lipinski definition) is 2. The Bertz CT molecular complexity index is 826. The smallest absolute Gasteiger partial charge is 0.338 e. The van der Waals surface area contributed by atoms with Gasteiger partial charge in [-0.25, -0.2) is 18.4 Å². The third kappa shape index (κ3) is 4.63. The molecule has 3 N–H and O–H groups in total. The molecule has 0 bridgehead atoms. The fourth-order valence-electron chi connectivity index (χ4n) is 1.60. The molecule has 0 aliphatic heterocycles. The van der Waals surface area contributed by atoms with E-state index in [4.69, 9.17) is 14.4 Å². The Kier molecular flexibility index (Phi) is 4.77. The highest BCUT2D eigenvalue weighted by atomic mass is 32.2. The number of benzene rings is 1. The Morgan fingerprint density at radius 3 is 2.48 bits per heavy atom. The molecule has 1 amide bonds. The van der Waals surface area contributed by atoms with Gasteiger partial charge in [-0.15, -0.1) is 0 Å². The van der Waals surface area contributed by atoms with Crippen LogP contribution in [0.25, 0.3) is 0 Å². The topological polar surface area (TPSA) is 142 Å². The number of primary sulfonamides is 1. The van der Waals surface area contributed by atoms with Crippen molar-refractivity contribution < 1.29 is 27.3 Å². The van der Waals surface area contributed by atoms with E-state index in [0.717, 1.165) is 0 Å². The van der Waals surface area contributed by atoms with Gasteiger partial charge >= 0.3 is 5.97 Å². The maximum atomic E-state index is 11.7. The van der Waals surface area contributed by atoms with E-state index in [1.54, 1.807) is 6.92 Å². The van der Waals surface area contributed by atoms with E-state index in [2.05, 4.69) is 10.5 Å². The second-order valence-corrected chi connectivity index (χ2v) is 6.08. The van der Waals surface area contributed by atoms with Gasteiger partial charge in [-0.1, -0.05) is 5.16 Å². The standard InChI is InChI=1S/C13H13N3O6S/c1-8-6-11(16-22-8)15-12(17)7-21-13(18)9-2-4-10(5-3-9)23(14,19)20/h2-6H,7H2,1H3,(H2,14,19,20)(H,15,16,17). The summed E-state index contributed by atoms with van der Waals surface area (Å²) in [5, 5.41) is 10.9. The number of rotatable bonds is 5. The summed E-state index contributed by atoms with van der Waals surface area (Å²) in [7, 11) is -3.84. The van der Waals surface area contributed by atoms with E-state index in [0.29, 0.717) is 5.76 Å². The lowest BCUT2D eigenvalue weighted by Gasteiger charge is -2.05. The second kappa shape index (κ2) is 6.58. The molecule has 0 spiro atoms. The number of aromatic nitrogens is 1. The Morgan fingerprint density at radius 2 is 1.96 bits per heavy atom. The summed E-state index contributed by atoms with van der Waals surface area (Å²) in [4.78, 5) is 23.2. The van der Waals surface area contributed by atoms with Crippen LogP contribution >= 0.6 is 0 Å². The van der Waals surface area contributed by atoms with Crippen LogP contribution in [-0.4, -0.2) is 32.1 Å². The van der Waals surface area contributed by atoms with Crippen molar-refractivity contribution in [1.82, 2.24) is 5.16 Å². The molecule has 122 valence electrons. The van der Waals surface area contributed by atoms with Crippen LogP contribution in [0.5, 0.6) is 0 Å². The van der Waals surface area contributed by atoms with E-state index in [1.165, 1.54) is 30.3 Å². The number of hydrogen-bond acceptors (Lipinski definition) is 7. The molecule has 0 atom stereocenters. The lowest BCUT2D eigenvalue weighted by atomic mass is 10.2. The predicted octanol–water partition coefficient (Wildman–Crippen LogP) is 0.426. The first kappa shape index (κ1) is 16.6. The number of sulfonamides is 1. The zero-order valence-corrected chi connectivity index (χ0v) is 12.8. The monoisotopic (exact) mass is 339 g/mol. The molecule has 1 aromatic heterocycles. The molecule has 23 heavy (non-hydrogen) atoms. The number of esters is 1. The molecule has 0 unspecified atom stereocenters. The maximum Gasteiger partial charge on any atom is 0.338 e. The van der Waals surface area contributed by atoms with Crippen LogP contribution in [0.3, 0.4) is 0 Å². The predicted molar refractivity (Wildman–Crippen MR) is 78.0 cm³/mol. The zero-order chi connectivity index (χ0) is 17.0. The molecular formula is C13H13N3O6S. The van der Waals surface area contributed by atoms with Crippen LogP contribution in [-0.2, 0) is 19.6 Å². The molecule has 2 aromatic rings. The van der Waals surface area contributed by atoms with Gasteiger partial charge in [-0.2, -0.15) is 0 Å². The minimum atomic E-state index is -3.84. The van der Waals surface area contributed by atoms with E-state index >= 15 is 0 Å². The number of ether oxygens (including phenoxy) is 1. The summed E-state index contributed by atoms with van der Waals surface area (Å²) in [6, 6.07) is 6.32. The van der Waals surface area contributed by atoms with Gasteiger partial charge in [-0.3, -0.25) is 4.79 Å². The summed E-state index contributed by atoms with van der Waals surface area (Å²) in [5.41, 5.74) is 0.0856. The highest BCUT2D eigenvalue weighted by molar-refractivity contribution is 7.89. The van der Waals surface area contributed by atoms with Crippen LogP contribution in [0.15, 0.2) is 39.8 Å². The van der Waals surface area contributed by atoms with Gasteiger partial charge in [-0.05, 0) is 31.2 Å². The van der Waals surface area contributed by atoms with Crippen LogP contribution < -0.4 is 10.5 Å². The molecule has 1 aromatic carbocycles. The number of nitrogens with zero attached hydrogens (tertiary/aromatic N) is 1. The molecule has 0 radical (unpaired) electrons. The molecule has 0 aliphatic rings. The summed E-state index contributed by atoms with van der Waals surface area (Å²) < 4.78 is 31.8. The lowest BCUT2D eigenvalue weighted by Crippen LogP contribution is -2.21. The quantitative estimate of drug-likeness (QED) is 0.752. The van der Waals surface area contributed by atoms with E-state index in [1.807, 2.05) is 0 Å². The number of nitrogens with one attached hydrogen (secondary N) is 1. The number of anilines is 1. The Labute approximate surface area is 131 Å². The Hall–Kier alpha value is -2.72. The fourth-order valence-corrected chi connectivity index (χ4v) is 2.11. The van der Waals surface area contributed by atoms with E-state index in [-0.39, 0.29) is 16.3 Å². The van der Waals surface area contributed by atoms with E-state index < -0.39 is 28.5 Å². The van der Waals surface area contributed by atoms with Crippen molar-refractivity contribution in [2.75, 3.05) is 11.9 Å². The average Bonchev–Trinajstić information content (AvgIpc) is 2.89. The molecule has 0 aliphatic carbocycles. The van der Waals surface area contributed by atoms with Gasteiger partial charge in [0.1, 0.15) is 5.76 Å². The molecule has 1 heterocycles. The molecule has 0 saturated carbocycles. The van der Waals surface area contributed by atoms with Crippen molar-refractivity contribution in [1.29, 1.82) is 0 Å². The van der Waals surface area contributed by atoms with Gasteiger partial charge in [0, 0.05) is 6.07 Å². The second-order valence-electron chi connectivity index (χ2n) is 4.52. The summed E-state index contributed by atoms with van der Waals surface area (Å²) >= 11 is 0. The Morgan fingerprint density at radius 1 is 1.30 bits per heavy atom. The van der Waals surface area contributed by atoms with E-state index in [9.17, 15) is 18.0 Å². The first-order valence-corrected chi connectivity index (χ1v) is 7.83. The van der Waals surface area contributed by atoms with Gasteiger partial charge in [0.2, 0.25) is 10.0 Å². The summed E-state index contributed by atoms with van der Waals surface area (Å²) in [6.45, 7) is 1.13. The van der Waals surface area contributed by atoms with Crippen molar-refractivity contribution in [2.45, 2.75) is 11.8 Å². The summed E-state index contributed by atoms with van der Waals surface area (Å²) in [5.74, 6) is -0.640. The van der Waals surface area contributed by atoms with Crippen molar-refractivity contribution >= 4 is 27.7 Å². The minimum absolute atomic E-state index is 0.0856. The van der Waals surface area contributed by atoms with Crippen molar-refractivity contribution in [3.8, 4) is 0 Å². The largest absolute Gasteiger partial charge is 0.452 e. The van der Waals surface area contributed by atoms with Crippen molar-refractivity contribution in [2.24, 2.45) is 5.14 Å². The average molecular weight is 339 g/mol. The molecule has 10 heteroatoms. The molecular weight excluding hydrogens is 326 g/mol. The van der Waals surface area contributed by atoms with Gasteiger partial charge < -0.3 is 14.6 Å². The number of carbonyl (C=O) groups excluding carboxylic acids is 2.